The van der Waals surface area contributed by atoms with Crippen LogP contribution in [-0.2, 0) is 9.92 Å². The Morgan fingerprint density at radius 2 is 1.97 bits per heavy atom. The molecule has 0 bridgehead atoms. The molecule has 2 amide bonds. The Balaban J connectivity index is 2.00. The Kier molecular flexibility index (Phi) is 7.47. The zero-order chi connectivity index (χ0) is 25.2. The first-order chi connectivity index (χ1) is 15.9. The fourth-order valence-electron chi connectivity index (χ4n) is 3.27. The third-order valence-corrected chi connectivity index (χ3v) is 6.65. The predicted octanol–water partition coefficient (Wildman–Crippen LogP) is 5.59. The summed E-state index contributed by atoms with van der Waals surface area (Å²) in [6.45, 7) is 7.38. The summed E-state index contributed by atoms with van der Waals surface area (Å²) < 4.78 is 44.5. The Labute approximate surface area is 202 Å². The number of carbonyl (C=O) groups excluding carboxylic acids is 1. The zero-order valence-corrected chi connectivity index (χ0v) is 20.9. The molecule has 9 nitrogen and oxygen atoms in total. The van der Waals surface area contributed by atoms with Crippen LogP contribution in [0.15, 0.2) is 41.7 Å². The van der Waals surface area contributed by atoms with Gasteiger partial charge in [-0.1, -0.05) is 25.4 Å². The van der Waals surface area contributed by atoms with Crippen LogP contribution in [0.1, 0.15) is 45.2 Å². The van der Waals surface area contributed by atoms with Gasteiger partial charge in [0.2, 0.25) is 5.88 Å². The highest BCUT2D eigenvalue weighted by molar-refractivity contribution is 7.91. The Bertz CT molecular complexity index is 1320. The predicted molar refractivity (Wildman–Crippen MR) is 129 cm³/mol. The van der Waals surface area contributed by atoms with Gasteiger partial charge in [0, 0.05) is 30.1 Å². The van der Waals surface area contributed by atoms with Gasteiger partial charge < -0.3 is 10.1 Å². The number of nitrogens with one attached hydrogen (secondary N) is 3. The van der Waals surface area contributed by atoms with Gasteiger partial charge in [0.15, 0.2) is 14.9 Å². The van der Waals surface area contributed by atoms with Crippen molar-refractivity contribution in [2.24, 2.45) is 0 Å². The topological polar surface area (TPSA) is 122 Å². The molecule has 3 N–H and O–H groups in total. The maximum atomic E-state index is 14.5. The van der Waals surface area contributed by atoms with Crippen LogP contribution >= 0.6 is 11.6 Å². The van der Waals surface area contributed by atoms with Crippen molar-refractivity contribution in [3.8, 4) is 17.0 Å². The van der Waals surface area contributed by atoms with E-state index in [0.29, 0.717) is 28.3 Å². The van der Waals surface area contributed by atoms with Crippen LogP contribution in [0.2, 0.25) is 5.02 Å². The summed E-state index contributed by atoms with van der Waals surface area (Å²) in [5, 5.41) is 6.49. The third-order valence-electron chi connectivity index (χ3n) is 4.94. The van der Waals surface area contributed by atoms with Crippen molar-refractivity contribution in [3.63, 3.8) is 0 Å². The molecule has 2 heterocycles. The Morgan fingerprint density at radius 1 is 1.26 bits per heavy atom. The second kappa shape index (κ2) is 9.98. The minimum absolute atomic E-state index is 0.00298. The van der Waals surface area contributed by atoms with E-state index in [9.17, 15) is 13.4 Å². The van der Waals surface area contributed by atoms with Crippen LogP contribution in [0, 0.1) is 10.6 Å². The van der Waals surface area contributed by atoms with Gasteiger partial charge in [0.1, 0.15) is 5.82 Å². The molecule has 3 rings (SSSR count). The number of amides is 2. The van der Waals surface area contributed by atoms with E-state index in [1.807, 2.05) is 27.7 Å². The molecule has 182 valence electrons. The molecule has 34 heavy (non-hydrogen) atoms. The molecule has 1 atom stereocenters. The van der Waals surface area contributed by atoms with Gasteiger partial charge in [-0.25, -0.2) is 27.9 Å². The van der Waals surface area contributed by atoms with Crippen molar-refractivity contribution in [3.05, 3.63) is 53.1 Å². The number of ether oxygens (including phenoxy) is 1. The molecule has 0 fully saturated rings. The number of pyridine rings is 1. The quantitative estimate of drug-likeness (QED) is 0.384. The number of hydrogen-bond donors (Lipinski definition) is 3. The van der Waals surface area contributed by atoms with Gasteiger partial charge in [0.05, 0.1) is 17.8 Å². The summed E-state index contributed by atoms with van der Waals surface area (Å²) in [5.41, 5.74) is 1.74. The van der Waals surface area contributed by atoms with Crippen molar-refractivity contribution in [2.45, 2.75) is 44.7 Å². The lowest BCUT2D eigenvalue weighted by Gasteiger charge is -2.19. The molecular formula is C22H26ClFN6O3S. The second-order valence-electron chi connectivity index (χ2n) is 8.13. The number of methoxy groups -OCH3 is 1. The minimum Gasteiger partial charge on any atom is -0.481 e. The van der Waals surface area contributed by atoms with Crippen molar-refractivity contribution < 1.29 is 18.1 Å². The van der Waals surface area contributed by atoms with E-state index < -0.39 is 21.8 Å². The fraction of sp³-hybridized carbons (Fsp3) is 0.318. The Morgan fingerprint density at radius 3 is 2.56 bits per heavy atom. The van der Waals surface area contributed by atoms with Crippen LogP contribution in [-0.4, -0.2) is 32.1 Å². The molecule has 3 aromatic rings. The molecule has 1 aromatic carbocycles. The number of urea groups is 1. The average molecular weight is 509 g/mol. The first-order valence-corrected chi connectivity index (χ1v) is 12.3. The monoisotopic (exact) mass is 508 g/mol. The maximum Gasteiger partial charge on any atom is 0.332 e. The van der Waals surface area contributed by atoms with E-state index >= 15 is 0 Å². The molecule has 0 aliphatic heterocycles. The average Bonchev–Trinajstić information content (AvgIpc) is 3.17. The number of carbonyl (C=O) groups is 1. The van der Waals surface area contributed by atoms with Gasteiger partial charge in [-0.2, -0.15) is 5.10 Å². The SMILES string of the molecule is COc1cc(-c2cc(F)cc(C(C)C)c2NC(=O)NS(=N)(=O)c2nn(C(C)C)cc2Cl)ccn1. The Hall–Kier alpha value is -3.18. The van der Waals surface area contributed by atoms with Crippen molar-refractivity contribution >= 4 is 33.2 Å². The fourth-order valence-corrected chi connectivity index (χ4v) is 4.68. The molecule has 0 saturated carbocycles. The first-order valence-electron chi connectivity index (χ1n) is 10.4. The van der Waals surface area contributed by atoms with E-state index in [2.05, 4.69) is 20.1 Å². The van der Waals surface area contributed by atoms with E-state index in [0.717, 1.165) is 0 Å². The maximum absolute atomic E-state index is 14.5. The number of benzene rings is 1. The normalized spacial score (nSPS) is 13.1. The second-order valence-corrected chi connectivity index (χ2v) is 10.2. The van der Waals surface area contributed by atoms with Gasteiger partial charge >= 0.3 is 6.03 Å². The molecule has 0 radical (unpaired) electrons. The summed E-state index contributed by atoms with van der Waals surface area (Å²) in [5.74, 6) is -0.339. The molecule has 0 saturated heterocycles. The summed E-state index contributed by atoms with van der Waals surface area (Å²) >= 11 is 6.12. The number of anilines is 1. The summed E-state index contributed by atoms with van der Waals surface area (Å²) in [7, 11) is -2.42. The van der Waals surface area contributed by atoms with Gasteiger partial charge in [0.25, 0.3) is 0 Å². The largest absolute Gasteiger partial charge is 0.481 e. The molecule has 2 aromatic heterocycles. The van der Waals surface area contributed by atoms with Crippen LogP contribution < -0.4 is 14.8 Å². The van der Waals surface area contributed by atoms with Crippen molar-refractivity contribution in [2.75, 3.05) is 12.4 Å². The molecule has 12 heteroatoms. The number of rotatable bonds is 7. The molecule has 1 unspecified atom stereocenters. The highest BCUT2D eigenvalue weighted by atomic mass is 35.5. The van der Waals surface area contributed by atoms with Gasteiger partial charge in [-0.3, -0.25) is 4.68 Å². The lowest BCUT2D eigenvalue weighted by molar-refractivity contribution is 0.256. The van der Waals surface area contributed by atoms with Crippen LogP contribution in [0.3, 0.4) is 0 Å². The number of halogens is 2. The lowest BCUT2D eigenvalue weighted by Crippen LogP contribution is -2.34. The van der Waals surface area contributed by atoms with Crippen molar-refractivity contribution in [1.29, 1.82) is 4.78 Å². The minimum atomic E-state index is -3.88. The third kappa shape index (κ3) is 5.48. The number of aromatic nitrogens is 3. The molecule has 0 spiro atoms. The van der Waals surface area contributed by atoms with E-state index in [4.69, 9.17) is 21.1 Å². The van der Waals surface area contributed by atoms with E-state index in [1.165, 1.54) is 36.3 Å². The van der Waals surface area contributed by atoms with Crippen LogP contribution in [0.5, 0.6) is 5.88 Å². The lowest BCUT2D eigenvalue weighted by atomic mass is 9.94. The number of nitrogens with zero attached hydrogens (tertiary/aromatic N) is 3. The standard InChI is InChI=1S/C22H26ClFN6O3S/c1-12(2)16-9-15(24)10-17(14-6-7-26-19(8-14)33-5)20(16)27-22(31)29-34(25,32)21-18(23)11-30(28-21)13(3)4/h6-13H,1-5H3,(H3,25,27,29,31,32). The smallest absolute Gasteiger partial charge is 0.332 e. The summed E-state index contributed by atoms with van der Waals surface area (Å²) in [4.78, 5) is 16.9. The van der Waals surface area contributed by atoms with Crippen LogP contribution in [0.4, 0.5) is 14.9 Å². The van der Waals surface area contributed by atoms with Gasteiger partial charge in [-0.15, -0.1) is 0 Å². The van der Waals surface area contributed by atoms with Crippen LogP contribution in [0.25, 0.3) is 11.1 Å². The highest BCUT2D eigenvalue weighted by Crippen LogP contribution is 2.37. The highest BCUT2D eigenvalue weighted by Gasteiger charge is 2.24. The van der Waals surface area contributed by atoms with E-state index in [1.54, 1.807) is 12.1 Å². The molecular weight excluding hydrogens is 483 g/mol. The van der Waals surface area contributed by atoms with Gasteiger partial charge in [-0.05, 0) is 49.1 Å². The first kappa shape index (κ1) is 25.4. The molecule has 0 aliphatic rings. The number of hydrogen-bond acceptors (Lipinski definition) is 6. The van der Waals surface area contributed by atoms with E-state index in [-0.39, 0.29) is 22.0 Å². The zero-order valence-electron chi connectivity index (χ0n) is 19.3. The summed E-state index contributed by atoms with van der Waals surface area (Å²) in [6, 6.07) is 4.84. The summed E-state index contributed by atoms with van der Waals surface area (Å²) in [6.07, 6.45) is 2.95. The molecule has 0 aliphatic carbocycles. The van der Waals surface area contributed by atoms with Crippen molar-refractivity contribution in [1.82, 2.24) is 19.5 Å².